The van der Waals surface area contributed by atoms with Crippen molar-refractivity contribution in [3.05, 3.63) is 68.7 Å². The highest BCUT2D eigenvalue weighted by atomic mass is 35.5. The number of rotatable bonds is 5. The van der Waals surface area contributed by atoms with E-state index in [0.29, 0.717) is 5.02 Å². The minimum absolute atomic E-state index is 0.0973. The first-order valence-corrected chi connectivity index (χ1v) is 8.11. The van der Waals surface area contributed by atoms with Crippen molar-refractivity contribution in [2.24, 2.45) is 0 Å². The lowest BCUT2D eigenvalue weighted by atomic mass is 10.0. The predicted molar refractivity (Wildman–Crippen MR) is 92.5 cm³/mol. The molecule has 1 nitrogen and oxygen atoms in total. The van der Waals surface area contributed by atoms with Gasteiger partial charge in [-0.05, 0) is 54.8 Å². The van der Waals surface area contributed by atoms with Crippen LogP contribution >= 0.6 is 34.8 Å². The Kier molecular flexibility index (Phi) is 5.95. The minimum atomic E-state index is 0.0973. The van der Waals surface area contributed by atoms with E-state index in [2.05, 4.69) is 25.2 Å². The summed E-state index contributed by atoms with van der Waals surface area (Å²) < 4.78 is 0. The summed E-state index contributed by atoms with van der Waals surface area (Å²) in [4.78, 5) is 0. The third-order valence-corrected chi connectivity index (χ3v) is 4.35. The van der Waals surface area contributed by atoms with Crippen molar-refractivity contribution in [3.8, 4) is 0 Å². The lowest BCUT2D eigenvalue weighted by Crippen LogP contribution is -2.24. The van der Waals surface area contributed by atoms with Gasteiger partial charge in [-0.15, -0.1) is 0 Å². The van der Waals surface area contributed by atoms with E-state index in [1.54, 1.807) is 6.07 Å². The van der Waals surface area contributed by atoms with Crippen LogP contribution in [0.4, 0.5) is 0 Å². The number of hydrogen-bond donors (Lipinski definition) is 1. The monoisotopic (exact) mass is 341 g/mol. The van der Waals surface area contributed by atoms with Crippen LogP contribution in [0.25, 0.3) is 0 Å². The van der Waals surface area contributed by atoms with E-state index in [1.165, 1.54) is 5.56 Å². The highest BCUT2D eigenvalue weighted by Gasteiger charge is 2.16. The van der Waals surface area contributed by atoms with Gasteiger partial charge >= 0.3 is 0 Å². The Hall–Kier alpha value is -0.730. The SMILES string of the molecule is CCC(NC(C)c1cc(Cl)ccc1Cl)c1cccc(Cl)c1. The fraction of sp³-hybridized carbons (Fsp3) is 0.294. The largest absolute Gasteiger partial charge is 0.303 e. The zero-order valence-electron chi connectivity index (χ0n) is 12.0. The molecular weight excluding hydrogens is 325 g/mol. The average molecular weight is 343 g/mol. The van der Waals surface area contributed by atoms with Crippen LogP contribution in [-0.4, -0.2) is 0 Å². The van der Waals surface area contributed by atoms with E-state index in [-0.39, 0.29) is 12.1 Å². The molecule has 2 aromatic carbocycles. The summed E-state index contributed by atoms with van der Waals surface area (Å²) in [5.74, 6) is 0. The van der Waals surface area contributed by atoms with Crippen molar-refractivity contribution >= 4 is 34.8 Å². The molecule has 0 saturated heterocycles. The molecule has 0 fully saturated rings. The molecule has 0 amide bonds. The summed E-state index contributed by atoms with van der Waals surface area (Å²) in [7, 11) is 0. The van der Waals surface area contributed by atoms with Crippen LogP contribution in [0.1, 0.15) is 43.5 Å². The Bertz CT molecular complexity index is 613. The van der Waals surface area contributed by atoms with Crippen molar-refractivity contribution in [1.82, 2.24) is 5.32 Å². The number of hydrogen-bond acceptors (Lipinski definition) is 1. The molecule has 0 bridgehead atoms. The molecule has 2 aromatic rings. The third kappa shape index (κ3) is 4.37. The molecule has 0 aromatic heterocycles. The Morgan fingerprint density at radius 3 is 2.38 bits per heavy atom. The van der Waals surface area contributed by atoms with Gasteiger partial charge in [0.25, 0.3) is 0 Å². The summed E-state index contributed by atoms with van der Waals surface area (Å²) in [6, 6.07) is 13.8. The smallest absolute Gasteiger partial charge is 0.0454 e. The summed E-state index contributed by atoms with van der Waals surface area (Å²) >= 11 is 18.4. The Morgan fingerprint density at radius 2 is 1.71 bits per heavy atom. The van der Waals surface area contributed by atoms with Gasteiger partial charge in [0.05, 0.1) is 0 Å². The molecule has 0 radical (unpaired) electrons. The molecule has 2 atom stereocenters. The van der Waals surface area contributed by atoms with Crippen LogP contribution in [0.2, 0.25) is 15.1 Å². The second-order valence-corrected chi connectivity index (χ2v) is 6.35. The van der Waals surface area contributed by atoms with E-state index in [1.807, 2.05) is 30.3 Å². The quantitative estimate of drug-likeness (QED) is 0.658. The lowest BCUT2D eigenvalue weighted by molar-refractivity contribution is 0.456. The van der Waals surface area contributed by atoms with Crippen molar-refractivity contribution in [2.45, 2.75) is 32.4 Å². The molecule has 1 N–H and O–H groups in total. The van der Waals surface area contributed by atoms with Crippen molar-refractivity contribution in [3.63, 3.8) is 0 Å². The first-order valence-electron chi connectivity index (χ1n) is 6.97. The van der Waals surface area contributed by atoms with E-state index < -0.39 is 0 Å². The molecule has 0 aliphatic carbocycles. The molecule has 2 unspecified atom stereocenters. The second-order valence-electron chi connectivity index (χ2n) is 5.07. The molecule has 0 aliphatic heterocycles. The third-order valence-electron chi connectivity index (χ3n) is 3.54. The fourth-order valence-electron chi connectivity index (χ4n) is 2.41. The molecule has 0 saturated carbocycles. The van der Waals surface area contributed by atoms with Gasteiger partial charge in [-0.1, -0.05) is 53.9 Å². The van der Waals surface area contributed by atoms with E-state index in [4.69, 9.17) is 34.8 Å². The summed E-state index contributed by atoms with van der Waals surface area (Å²) in [6.07, 6.45) is 0.961. The zero-order chi connectivity index (χ0) is 15.4. The maximum Gasteiger partial charge on any atom is 0.0454 e. The van der Waals surface area contributed by atoms with Gasteiger partial charge in [0, 0.05) is 27.2 Å². The summed E-state index contributed by atoms with van der Waals surface area (Å²) in [5.41, 5.74) is 2.18. The molecule has 0 spiro atoms. The van der Waals surface area contributed by atoms with Gasteiger partial charge in [0.15, 0.2) is 0 Å². The molecule has 2 rings (SSSR count). The van der Waals surface area contributed by atoms with Crippen LogP contribution in [0.15, 0.2) is 42.5 Å². The molecule has 0 heterocycles. The molecule has 0 aliphatic rings. The Morgan fingerprint density at radius 1 is 1.00 bits per heavy atom. The van der Waals surface area contributed by atoms with E-state index >= 15 is 0 Å². The maximum absolute atomic E-state index is 6.27. The van der Waals surface area contributed by atoms with E-state index in [0.717, 1.165) is 22.0 Å². The van der Waals surface area contributed by atoms with Gasteiger partial charge in [0.2, 0.25) is 0 Å². The fourth-order valence-corrected chi connectivity index (χ4v) is 3.07. The van der Waals surface area contributed by atoms with E-state index in [9.17, 15) is 0 Å². The Labute approximate surface area is 141 Å². The average Bonchev–Trinajstić information content (AvgIpc) is 2.47. The highest BCUT2D eigenvalue weighted by molar-refractivity contribution is 6.33. The van der Waals surface area contributed by atoms with Gasteiger partial charge in [-0.2, -0.15) is 0 Å². The van der Waals surface area contributed by atoms with Crippen LogP contribution in [-0.2, 0) is 0 Å². The highest BCUT2D eigenvalue weighted by Crippen LogP contribution is 2.29. The lowest BCUT2D eigenvalue weighted by Gasteiger charge is -2.24. The second kappa shape index (κ2) is 7.51. The Balaban J connectivity index is 2.20. The van der Waals surface area contributed by atoms with Gasteiger partial charge in [0.1, 0.15) is 0 Å². The van der Waals surface area contributed by atoms with Gasteiger partial charge < -0.3 is 5.32 Å². The summed E-state index contributed by atoms with van der Waals surface area (Å²) in [6.45, 7) is 4.23. The topological polar surface area (TPSA) is 12.0 Å². The van der Waals surface area contributed by atoms with Crippen molar-refractivity contribution in [2.75, 3.05) is 0 Å². The molecular formula is C17H18Cl3N. The van der Waals surface area contributed by atoms with Crippen molar-refractivity contribution in [1.29, 1.82) is 0 Å². The van der Waals surface area contributed by atoms with Crippen LogP contribution in [0.3, 0.4) is 0 Å². The van der Waals surface area contributed by atoms with Crippen molar-refractivity contribution < 1.29 is 0 Å². The first-order chi connectivity index (χ1) is 10.0. The van der Waals surface area contributed by atoms with Gasteiger partial charge in [-0.3, -0.25) is 0 Å². The first kappa shape index (κ1) is 16.6. The van der Waals surface area contributed by atoms with Crippen LogP contribution in [0, 0.1) is 0 Å². The number of nitrogens with one attached hydrogen (secondary N) is 1. The summed E-state index contributed by atoms with van der Waals surface area (Å²) in [5, 5.41) is 5.76. The van der Waals surface area contributed by atoms with Crippen LogP contribution in [0.5, 0.6) is 0 Å². The zero-order valence-corrected chi connectivity index (χ0v) is 14.3. The maximum atomic E-state index is 6.27. The minimum Gasteiger partial charge on any atom is -0.303 e. The van der Waals surface area contributed by atoms with Crippen LogP contribution < -0.4 is 5.32 Å². The normalized spacial score (nSPS) is 14.0. The van der Waals surface area contributed by atoms with Gasteiger partial charge in [-0.25, -0.2) is 0 Å². The number of benzene rings is 2. The molecule has 4 heteroatoms. The molecule has 21 heavy (non-hydrogen) atoms. The molecule has 112 valence electrons. The standard InChI is InChI=1S/C17H18Cl3N/c1-3-17(12-5-4-6-13(18)9-12)21-11(2)15-10-14(19)7-8-16(15)20/h4-11,17,21H,3H2,1-2H3. The number of halogens is 3. The predicted octanol–water partition coefficient (Wildman–Crippen LogP) is 6.45.